The molecule has 1 atom stereocenters. The Hall–Kier alpha value is -2.82. The molecule has 1 aromatic heterocycles. The molecule has 0 spiro atoms. The Balaban J connectivity index is 1.38. The van der Waals surface area contributed by atoms with Crippen LogP contribution in [0.15, 0.2) is 58.9 Å². The summed E-state index contributed by atoms with van der Waals surface area (Å²) in [6.07, 6.45) is 2.38. The van der Waals surface area contributed by atoms with Gasteiger partial charge in [0.25, 0.3) is 15.9 Å². The number of benzene rings is 2. The fourth-order valence-electron chi connectivity index (χ4n) is 3.72. The van der Waals surface area contributed by atoms with Crippen LogP contribution in [0.2, 0.25) is 0 Å². The molecule has 2 heterocycles. The summed E-state index contributed by atoms with van der Waals surface area (Å²) >= 11 is 0.810. The lowest BCUT2D eigenvalue weighted by molar-refractivity contribution is 0.102. The van der Waals surface area contributed by atoms with E-state index in [1.807, 2.05) is 24.3 Å². The number of rotatable bonds is 7. The third-order valence-corrected chi connectivity index (χ3v) is 8.51. The van der Waals surface area contributed by atoms with Gasteiger partial charge in [-0.25, -0.2) is 13.1 Å². The van der Waals surface area contributed by atoms with Crippen LogP contribution in [0.25, 0.3) is 0 Å². The summed E-state index contributed by atoms with van der Waals surface area (Å²) in [6, 6.07) is 16.2. The maximum atomic E-state index is 12.8. The molecule has 0 saturated carbocycles. The van der Waals surface area contributed by atoms with Crippen LogP contribution in [0.5, 0.6) is 0 Å². The largest absolute Gasteiger partial charge is 0.372 e. The van der Waals surface area contributed by atoms with Crippen LogP contribution < -0.4 is 14.9 Å². The molecule has 1 fully saturated rings. The number of nitrogens with zero attached hydrogens (tertiary/aromatic N) is 3. The van der Waals surface area contributed by atoms with Crippen LogP contribution in [0.4, 0.5) is 10.8 Å². The second kappa shape index (κ2) is 9.98. The Morgan fingerprint density at radius 2 is 1.73 bits per heavy atom. The summed E-state index contributed by atoms with van der Waals surface area (Å²) < 4.78 is 28.1. The van der Waals surface area contributed by atoms with Gasteiger partial charge in [0.15, 0.2) is 0 Å². The lowest BCUT2D eigenvalue weighted by Gasteiger charge is -2.32. The molecule has 2 N–H and O–H groups in total. The second-order valence-corrected chi connectivity index (χ2v) is 11.2. The lowest BCUT2D eigenvalue weighted by atomic mass is 9.98. The van der Waals surface area contributed by atoms with Crippen LogP contribution >= 0.6 is 11.3 Å². The quantitative estimate of drug-likeness (QED) is 0.489. The molecule has 0 radical (unpaired) electrons. The van der Waals surface area contributed by atoms with E-state index >= 15 is 0 Å². The Bertz CT molecular complexity index is 1190. The number of carbonyl (C=O) groups is 1. The van der Waals surface area contributed by atoms with Gasteiger partial charge in [0.05, 0.1) is 0 Å². The molecule has 1 amide bonds. The van der Waals surface area contributed by atoms with Crippen molar-refractivity contribution in [1.82, 2.24) is 14.9 Å². The van der Waals surface area contributed by atoms with Gasteiger partial charge in [-0.3, -0.25) is 10.1 Å². The highest BCUT2D eigenvalue weighted by Gasteiger charge is 2.24. The molecule has 33 heavy (non-hydrogen) atoms. The Morgan fingerprint density at radius 1 is 1.06 bits per heavy atom. The summed E-state index contributed by atoms with van der Waals surface area (Å²) in [5, 5.41) is 10.3. The van der Waals surface area contributed by atoms with E-state index in [2.05, 4.69) is 32.1 Å². The van der Waals surface area contributed by atoms with Crippen molar-refractivity contribution in [1.29, 1.82) is 0 Å². The highest BCUT2D eigenvalue weighted by molar-refractivity contribution is 7.91. The van der Waals surface area contributed by atoms with Gasteiger partial charge >= 0.3 is 0 Å². The standard InChI is InChI=1S/C23H27N5O3S2/c1-16-12-14-28(15-13-16)20-10-8-18(9-11-20)17(2)27-33(30,31)23-26-25-22(32-23)24-21(29)19-6-4-3-5-7-19/h3-11,16-17,27H,12-15H2,1-2H3,(H,24,25,29)/t17-/m1/s1. The maximum Gasteiger partial charge on any atom is 0.270 e. The van der Waals surface area contributed by atoms with Crippen molar-refractivity contribution in [3.63, 3.8) is 0 Å². The molecule has 0 aliphatic carbocycles. The fraction of sp³-hybridized carbons (Fsp3) is 0.348. The average Bonchev–Trinajstić information content (AvgIpc) is 3.29. The number of amides is 1. The van der Waals surface area contributed by atoms with Gasteiger partial charge in [-0.2, -0.15) is 0 Å². The van der Waals surface area contributed by atoms with E-state index < -0.39 is 16.1 Å². The highest BCUT2D eigenvalue weighted by atomic mass is 32.2. The summed E-state index contributed by atoms with van der Waals surface area (Å²) in [4.78, 5) is 14.6. The first-order valence-electron chi connectivity index (χ1n) is 10.9. The lowest BCUT2D eigenvalue weighted by Crippen LogP contribution is -2.32. The summed E-state index contributed by atoms with van der Waals surface area (Å²) in [5.41, 5.74) is 2.46. The molecule has 2 aromatic carbocycles. The van der Waals surface area contributed by atoms with Gasteiger partial charge in [-0.05, 0) is 55.5 Å². The van der Waals surface area contributed by atoms with Crippen LogP contribution in [-0.4, -0.2) is 37.6 Å². The molecule has 1 aliphatic heterocycles. The van der Waals surface area contributed by atoms with Gasteiger partial charge in [-0.15, -0.1) is 10.2 Å². The SMILES string of the molecule is CC1CCN(c2ccc([C@@H](C)NS(=O)(=O)c3nnc(NC(=O)c4ccccc4)s3)cc2)CC1. The van der Waals surface area contributed by atoms with Crippen LogP contribution in [-0.2, 0) is 10.0 Å². The molecule has 174 valence electrons. The Morgan fingerprint density at radius 3 is 2.39 bits per heavy atom. The third kappa shape index (κ3) is 5.76. The molecule has 1 aliphatic rings. The van der Waals surface area contributed by atoms with Crippen molar-refractivity contribution in [3.8, 4) is 0 Å². The third-order valence-electron chi connectivity index (χ3n) is 5.77. The Labute approximate surface area is 198 Å². The van der Waals surface area contributed by atoms with E-state index in [9.17, 15) is 13.2 Å². The maximum absolute atomic E-state index is 12.8. The van der Waals surface area contributed by atoms with E-state index in [4.69, 9.17) is 0 Å². The molecule has 4 rings (SSSR count). The second-order valence-electron chi connectivity index (χ2n) is 8.30. The number of sulfonamides is 1. The van der Waals surface area contributed by atoms with Gasteiger partial charge in [0.1, 0.15) is 0 Å². The number of nitrogens with one attached hydrogen (secondary N) is 2. The smallest absolute Gasteiger partial charge is 0.270 e. The van der Waals surface area contributed by atoms with Crippen LogP contribution in [0.1, 0.15) is 48.7 Å². The average molecular weight is 486 g/mol. The monoisotopic (exact) mass is 485 g/mol. The number of hydrogen-bond acceptors (Lipinski definition) is 7. The molecule has 3 aromatic rings. The Kier molecular flexibility index (Phi) is 7.06. The number of carbonyl (C=O) groups excluding carboxylic acids is 1. The zero-order valence-corrected chi connectivity index (χ0v) is 20.2. The van der Waals surface area contributed by atoms with Gasteiger partial charge < -0.3 is 4.90 Å². The van der Waals surface area contributed by atoms with E-state index in [0.29, 0.717) is 5.56 Å². The first kappa shape index (κ1) is 23.3. The molecular formula is C23H27N5O3S2. The fourth-order valence-corrected chi connectivity index (χ4v) is 5.86. The van der Waals surface area contributed by atoms with Crippen molar-refractivity contribution in [2.45, 2.75) is 37.1 Å². The first-order chi connectivity index (χ1) is 15.8. The minimum atomic E-state index is -3.89. The molecule has 10 heteroatoms. The number of hydrogen-bond donors (Lipinski definition) is 2. The summed E-state index contributed by atoms with van der Waals surface area (Å²) in [6.45, 7) is 6.16. The van der Waals surface area contributed by atoms with Crippen molar-refractivity contribution >= 4 is 38.1 Å². The molecule has 8 nitrogen and oxygen atoms in total. The summed E-state index contributed by atoms with van der Waals surface area (Å²) in [5.74, 6) is 0.391. The number of piperidine rings is 1. The predicted molar refractivity (Wildman–Crippen MR) is 130 cm³/mol. The van der Waals surface area contributed by atoms with Crippen molar-refractivity contribution in [2.75, 3.05) is 23.3 Å². The number of anilines is 2. The predicted octanol–water partition coefficient (Wildman–Crippen LogP) is 4.07. The van der Waals surface area contributed by atoms with Crippen LogP contribution in [0, 0.1) is 5.92 Å². The summed E-state index contributed by atoms with van der Waals surface area (Å²) in [7, 11) is -3.89. The molecule has 0 bridgehead atoms. The zero-order valence-electron chi connectivity index (χ0n) is 18.6. The number of aromatic nitrogens is 2. The van der Waals surface area contributed by atoms with Gasteiger partial charge in [0.2, 0.25) is 9.47 Å². The first-order valence-corrected chi connectivity index (χ1v) is 13.2. The topological polar surface area (TPSA) is 104 Å². The van der Waals surface area contributed by atoms with Crippen LogP contribution in [0.3, 0.4) is 0 Å². The minimum absolute atomic E-state index is 0.122. The molecule has 0 unspecified atom stereocenters. The molecular weight excluding hydrogens is 458 g/mol. The van der Waals surface area contributed by atoms with Crippen molar-refractivity contribution in [2.24, 2.45) is 5.92 Å². The van der Waals surface area contributed by atoms with E-state index in [-0.39, 0.29) is 15.4 Å². The van der Waals surface area contributed by atoms with Gasteiger partial charge in [0, 0.05) is 30.4 Å². The van der Waals surface area contributed by atoms with Crippen molar-refractivity contribution < 1.29 is 13.2 Å². The van der Waals surface area contributed by atoms with E-state index in [0.717, 1.165) is 41.6 Å². The van der Waals surface area contributed by atoms with E-state index in [1.165, 1.54) is 12.8 Å². The van der Waals surface area contributed by atoms with E-state index in [1.54, 1.807) is 37.3 Å². The highest BCUT2D eigenvalue weighted by Crippen LogP contribution is 2.26. The van der Waals surface area contributed by atoms with Crippen molar-refractivity contribution in [3.05, 3.63) is 65.7 Å². The minimum Gasteiger partial charge on any atom is -0.372 e. The molecule has 1 saturated heterocycles. The normalized spacial score (nSPS) is 15.9. The van der Waals surface area contributed by atoms with Gasteiger partial charge in [-0.1, -0.05) is 48.6 Å². The zero-order chi connectivity index (χ0) is 23.4.